The van der Waals surface area contributed by atoms with Gasteiger partial charge in [-0.3, -0.25) is 19.4 Å². The second-order valence-corrected chi connectivity index (χ2v) is 4.54. The standard InChI is InChI=1S/C13H20N4O5/c1-2-22-10(19)7-15-9(18)6-4-3-5-8-11(20)16-13(14)17-12(8)21/h2-7H2,1H3,(H,15,18)(H4,14,16,17,20,21). The first kappa shape index (κ1) is 17.5. The van der Waals surface area contributed by atoms with E-state index in [4.69, 9.17) is 5.73 Å². The summed E-state index contributed by atoms with van der Waals surface area (Å²) in [4.78, 5) is 39.9. The summed E-state index contributed by atoms with van der Waals surface area (Å²) in [6, 6.07) is 0. The summed E-state index contributed by atoms with van der Waals surface area (Å²) in [6.45, 7) is 1.79. The molecule has 0 bridgehead atoms. The van der Waals surface area contributed by atoms with Gasteiger partial charge >= 0.3 is 5.97 Å². The van der Waals surface area contributed by atoms with Gasteiger partial charge in [-0.15, -0.1) is 0 Å². The number of anilines is 1. The molecule has 0 aromatic carbocycles. The van der Waals surface area contributed by atoms with Crippen LogP contribution in [0.4, 0.5) is 5.95 Å². The molecule has 0 fully saturated rings. The summed E-state index contributed by atoms with van der Waals surface area (Å²) in [5, 5.41) is 12.0. The Balaban J connectivity index is 2.30. The first-order chi connectivity index (χ1) is 10.4. The van der Waals surface area contributed by atoms with Crippen molar-refractivity contribution >= 4 is 17.8 Å². The largest absolute Gasteiger partial charge is 0.493 e. The molecule has 0 atom stereocenters. The molecule has 1 aromatic rings. The molecule has 122 valence electrons. The van der Waals surface area contributed by atoms with E-state index >= 15 is 0 Å². The zero-order chi connectivity index (χ0) is 16.5. The molecule has 22 heavy (non-hydrogen) atoms. The summed E-state index contributed by atoms with van der Waals surface area (Å²) in [7, 11) is 0. The Morgan fingerprint density at radius 3 is 2.77 bits per heavy atom. The fraction of sp³-hybridized carbons (Fsp3) is 0.538. The van der Waals surface area contributed by atoms with Gasteiger partial charge in [-0.25, -0.2) is 0 Å². The smallest absolute Gasteiger partial charge is 0.325 e. The van der Waals surface area contributed by atoms with Crippen molar-refractivity contribution in [2.45, 2.75) is 32.6 Å². The number of aromatic nitrogens is 2. The van der Waals surface area contributed by atoms with Crippen molar-refractivity contribution in [2.24, 2.45) is 0 Å². The lowest BCUT2D eigenvalue weighted by Crippen LogP contribution is -2.30. The van der Waals surface area contributed by atoms with Crippen LogP contribution in [-0.2, 0) is 20.7 Å². The summed E-state index contributed by atoms with van der Waals surface area (Å²) in [5.41, 5.74) is 4.94. The van der Waals surface area contributed by atoms with Crippen molar-refractivity contribution in [2.75, 3.05) is 18.9 Å². The number of amides is 1. The molecule has 0 aliphatic rings. The Labute approximate surface area is 126 Å². The monoisotopic (exact) mass is 312 g/mol. The molecule has 5 N–H and O–H groups in total. The fourth-order valence-corrected chi connectivity index (χ4v) is 1.79. The molecular formula is C13H20N4O5. The number of nitrogens with zero attached hydrogens (tertiary/aromatic N) is 1. The second-order valence-electron chi connectivity index (χ2n) is 4.54. The predicted molar refractivity (Wildman–Crippen MR) is 78.1 cm³/mol. The fourth-order valence-electron chi connectivity index (χ4n) is 1.79. The van der Waals surface area contributed by atoms with E-state index in [9.17, 15) is 19.5 Å². The highest BCUT2D eigenvalue weighted by molar-refractivity contribution is 5.81. The molecule has 0 saturated carbocycles. The van der Waals surface area contributed by atoms with Crippen LogP contribution in [0, 0.1) is 0 Å². The van der Waals surface area contributed by atoms with E-state index in [1.807, 2.05) is 0 Å². The van der Waals surface area contributed by atoms with Gasteiger partial charge in [0.25, 0.3) is 5.56 Å². The number of aromatic amines is 1. The van der Waals surface area contributed by atoms with Crippen LogP contribution in [0.2, 0.25) is 0 Å². The molecule has 1 amide bonds. The van der Waals surface area contributed by atoms with Gasteiger partial charge in [-0.1, -0.05) is 0 Å². The Bertz CT molecular complexity index is 584. The minimum absolute atomic E-state index is 0.140. The van der Waals surface area contributed by atoms with E-state index in [1.165, 1.54) is 0 Å². The van der Waals surface area contributed by atoms with Crippen LogP contribution in [0.25, 0.3) is 0 Å². The molecule has 9 nitrogen and oxygen atoms in total. The number of unbranched alkanes of at least 4 members (excludes halogenated alkanes) is 1. The average Bonchev–Trinajstić information content (AvgIpc) is 2.43. The van der Waals surface area contributed by atoms with E-state index in [1.54, 1.807) is 6.92 Å². The van der Waals surface area contributed by atoms with Gasteiger partial charge in [0.1, 0.15) is 6.54 Å². The van der Waals surface area contributed by atoms with Crippen LogP contribution >= 0.6 is 0 Å². The van der Waals surface area contributed by atoms with Gasteiger partial charge in [-0.2, -0.15) is 4.98 Å². The molecule has 0 saturated heterocycles. The van der Waals surface area contributed by atoms with Crippen LogP contribution in [0.5, 0.6) is 5.88 Å². The van der Waals surface area contributed by atoms with E-state index < -0.39 is 17.4 Å². The molecule has 9 heteroatoms. The number of esters is 1. The zero-order valence-electron chi connectivity index (χ0n) is 12.3. The highest BCUT2D eigenvalue weighted by Crippen LogP contribution is 2.12. The minimum atomic E-state index is -0.489. The van der Waals surface area contributed by atoms with Crippen LogP contribution in [-0.4, -0.2) is 40.1 Å². The van der Waals surface area contributed by atoms with Gasteiger partial charge in [0, 0.05) is 6.42 Å². The molecule has 0 aliphatic carbocycles. The average molecular weight is 312 g/mol. The van der Waals surface area contributed by atoms with Gasteiger partial charge < -0.3 is 20.9 Å². The lowest BCUT2D eigenvalue weighted by Gasteiger charge is -2.05. The van der Waals surface area contributed by atoms with E-state index in [0.29, 0.717) is 12.8 Å². The maximum atomic E-state index is 11.6. The number of carbonyl (C=O) groups is 2. The number of rotatable bonds is 8. The zero-order valence-corrected chi connectivity index (χ0v) is 12.3. The van der Waals surface area contributed by atoms with E-state index in [2.05, 4.69) is 20.0 Å². The molecule has 1 rings (SSSR count). The summed E-state index contributed by atoms with van der Waals surface area (Å²) in [5.74, 6) is -1.31. The third-order valence-corrected chi connectivity index (χ3v) is 2.83. The van der Waals surface area contributed by atoms with Gasteiger partial charge in [-0.05, 0) is 26.2 Å². The molecule has 0 aliphatic heterocycles. The second kappa shape index (κ2) is 8.65. The maximum Gasteiger partial charge on any atom is 0.325 e. The van der Waals surface area contributed by atoms with Crippen molar-refractivity contribution in [3.63, 3.8) is 0 Å². The highest BCUT2D eigenvalue weighted by Gasteiger charge is 2.10. The maximum absolute atomic E-state index is 11.6. The molecule has 0 radical (unpaired) electrons. The Kier molecular flexibility index (Phi) is 6.87. The normalized spacial score (nSPS) is 10.2. The van der Waals surface area contributed by atoms with Crippen LogP contribution in [0.15, 0.2) is 4.79 Å². The quantitative estimate of drug-likeness (QED) is 0.372. The van der Waals surface area contributed by atoms with E-state index in [-0.39, 0.29) is 43.4 Å². The number of aromatic hydroxyl groups is 1. The SMILES string of the molecule is CCOC(=O)CNC(=O)CCCCc1c(O)nc(N)[nH]c1=O. The number of hydrogen-bond acceptors (Lipinski definition) is 7. The van der Waals surface area contributed by atoms with Crippen molar-refractivity contribution in [1.29, 1.82) is 0 Å². The first-order valence-electron chi connectivity index (χ1n) is 6.94. The Morgan fingerprint density at radius 2 is 2.14 bits per heavy atom. The van der Waals surface area contributed by atoms with Gasteiger partial charge in [0.05, 0.1) is 12.2 Å². The summed E-state index contributed by atoms with van der Waals surface area (Å²) in [6.07, 6.45) is 1.49. The predicted octanol–water partition coefficient (Wildman–Crippen LogP) is -0.550. The summed E-state index contributed by atoms with van der Waals surface area (Å²) >= 11 is 0. The third kappa shape index (κ3) is 5.81. The Hall–Kier alpha value is -2.58. The van der Waals surface area contributed by atoms with Gasteiger partial charge in [0.15, 0.2) is 0 Å². The topological polar surface area (TPSA) is 147 Å². The van der Waals surface area contributed by atoms with Gasteiger partial charge in [0.2, 0.25) is 17.7 Å². The van der Waals surface area contributed by atoms with Crippen molar-refractivity contribution in [3.05, 3.63) is 15.9 Å². The third-order valence-electron chi connectivity index (χ3n) is 2.83. The number of nitrogen functional groups attached to an aromatic ring is 1. The molecular weight excluding hydrogens is 292 g/mol. The number of nitrogens with two attached hydrogens (primary N) is 1. The Morgan fingerprint density at radius 1 is 1.41 bits per heavy atom. The number of carbonyl (C=O) groups excluding carboxylic acids is 2. The number of H-pyrrole nitrogens is 1. The highest BCUT2D eigenvalue weighted by atomic mass is 16.5. The number of ether oxygens (including phenoxy) is 1. The first-order valence-corrected chi connectivity index (χ1v) is 6.94. The van der Waals surface area contributed by atoms with Crippen molar-refractivity contribution < 1.29 is 19.4 Å². The molecule has 1 heterocycles. The van der Waals surface area contributed by atoms with Crippen LogP contribution < -0.4 is 16.6 Å². The number of hydrogen-bond donors (Lipinski definition) is 4. The molecule has 0 unspecified atom stereocenters. The van der Waals surface area contributed by atoms with Crippen LogP contribution in [0.3, 0.4) is 0 Å². The molecule has 0 spiro atoms. The lowest BCUT2D eigenvalue weighted by atomic mass is 10.1. The van der Waals surface area contributed by atoms with Crippen molar-refractivity contribution in [3.8, 4) is 5.88 Å². The minimum Gasteiger partial charge on any atom is -0.493 e. The number of nitrogens with one attached hydrogen (secondary N) is 2. The van der Waals surface area contributed by atoms with Crippen molar-refractivity contribution in [1.82, 2.24) is 15.3 Å². The molecule has 1 aromatic heterocycles. The lowest BCUT2D eigenvalue weighted by molar-refractivity contribution is -0.143. The summed E-state index contributed by atoms with van der Waals surface area (Å²) < 4.78 is 4.67. The van der Waals surface area contributed by atoms with E-state index in [0.717, 1.165) is 0 Å². The van der Waals surface area contributed by atoms with Crippen LogP contribution in [0.1, 0.15) is 31.7 Å².